The fraction of sp³-hybridized carbons (Fsp3) is 0.222. The van der Waals surface area contributed by atoms with Crippen molar-refractivity contribution in [2.75, 3.05) is 0 Å². The van der Waals surface area contributed by atoms with Gasteiger partial charge in [-0.15, -0.1) is 0 Å². The topological polar surface area (TPSA) is 102 Å². The number of primary amides is 1. The van der Waals surface area contributed by atoms with Gasteiger partial charge in [-0.05, 0) is 29.5 Å². The van der Waals surface area contributed by atoms with Gasteiger partial charge in [-0.25, -0.2) is 4.79 Å². The van der Waals surface area contributed by atoms with Gasteiger partial charge in [-0.1, -0.05) is 91.0 Å². The van der Waals surface area contributed by atoms with Crippen LogP contribution < -0.4 is 11.1 Å². The van der Waals surface area contributed by atoms with Crippen LogP contribution in [0.2, 0.25) is 0 Å². The molecule has 3 aromatic rings. The van der Waals surface area contributed by atoms with Crippen LogP contribution >= 0.6 is 0 Å². The lowest BCUT2D eigenvalue weighted by molar-refractivity contribution is -0.172. The first-order valence-corrected chi connectivity index (χ1v) is 11.2. The van der Waals surface area contributed by atoms with E-state index in [4.69, 9.17) is 10.6 Å². The summed E-state index contributed by atoms with van der Waals surface area (Å²) >= 11 is 0. The van der Waals surface area contributed by atoms with Crippen LogP contribution in [-0.2, 0) is 34.0 Å². The molecule has 0 spiro atoms. The third-order valence-corrected chi connectivity index (χ3v) is 5.26. The molecular formula is C27H29N3O4. The molecule has 0 aromatic heterocycles. The number of Topliss-reactive ketones (excluding diaryl/α,β-unsaturated/α-hetero) is 1. The van der Waals surface area contributed by atoms with Gasteiger partial charge in [0.25, 0.3) is 5.91 Å². The van der Waals surface area contributed by atoms with Crippen molar-refractivity contribution < 1.29 is 19.2 Å². The molecule has 34 heavy (non-hydrogen) atoms. The fourth-order valence-electron chi connectivity index (χ4n) is 3.50. The smallest absolute Gasteiger partial charge is 0.339 e. The van der Waals surface area contributed by atoms with E-state index in [0.717, 1.165) is 16.7 Å². The number of urea groups is 1. The molecular weight excluding hydrogens is 430 g/mol. The quantitative estimate of drug-likeness (QED) is 0.318. The number of carbonyl (C=O) groups is 3. The van der Waals surface area contributed by atoms with E-state index < -0.39 is 23.8 Å². The number of aryl methyl sites for hydroxylation is 1. The molecule has 176 valence electrons. The molecule has 0 fully saturated rings. The molecule has 1 atom stereocenters. The van der Waals surface area contributed by atoms with Crippen molar-refractivity contribution in [3.05, 3.63) is 108 Å². The van der Waals surface area contributed by atoms with E-state index in [0.29, 0.717) is 17.9 Å². The zero-order valence-electron chi connectivity index (χ0n) is 18.9. The average molecular weight is 460 g/mol. The van der Waals surface area contributed by atoms with Gasteiger partial charge in [-0.3, -0.25) is 14.4 Å². The van der Waals surface area contributed by atoms with Gasteiger partial charge in [0.2, 0.25) is 0 Å². The van der Waals surface area contributed by atoms with Crippen molar-refractivity contribution >= 4 is 17.7 Å². The summed E-state index contributed by atoms with van der Waals surface area (Å²) in [6.07, 6.45) is 1.29. The first-order chi connectivity index (χ1) is 16.5. The maximum absolute atomic E-state index is 13.2. The zero-order chi connectivity index (χ0) is 24.2. The molecule has 3 aromatic carbocycles. The van der Waals surface area contributed by atoms with Gasteiger partial charge in [-0.2, -0.15) is 5.06 Å². The number of rotatable bonds is 12. The Bertz CT molecular complexity index is 1060. The van der Waals surface area contributed by atoms with E-state index in [1.807, 2.05) is 91.0 Å². The average Bonchev–Trinajstić information content (AvgIpc) is 2.86. The SMILES string of the molecule is NC(=O)N(OCc1ccccc1)C(C(=O)CCCc1ccccc1)C(=O)NCc1ccccc1. The number of benzene rings is 3. The van der Waals surface area contributed by atoms with E-state index in [2.05, 4.69) is 5.32 Å². The van der Waals surface area contributed by atoms with Crippen molar-refractivity contribution in [1.82, 2.24) is 10.4 Å². The summed E-state index contributed by atoms with van der Waals surface area (Å²) in [5.74, 6) is -1.08. The highest BCUT2D eigenvalue weighted by Gasteiger charge is 2.36. The zero-order valence-corrected chi connectivity index (χ0v) is 18.9. The van der Waals surface area contributed by atoms with E-state index in [9.17, 15) is 14.4 Å². The van der Waals surface area contributed by atoms with Crippen molar-refractivity contribution in [1.29, 1.82) is 0 Å². The van der Waals surface area contributed by atoms with Crippen molar-refractivity contribution in [2.24, 2.45) is 5.73 Å². The summed E-state index contributed by atoms with van der Waals surface area (Å²) in [5, 5.41) is 3.43. The third kappa shape index (κ3) is 7.56. The second-order valence-corrected chi connectivity index (χ2v) is 7.83. The van der Waals surface area contributed by atoms with Crippen LogP contribution in [0.1, 0.15) is 29.5 Å². The Labute approximate surface area is 199 Å². The van der Waals surface area contributed by atoms with E-state index in [1.54, 1.807) is 0 Å². The number of hydroxylamine groups is 2. The predicted molar refractivity (Wildman–Crippen MR) is 129 cm³/mol. The maximum Gasteiger partial charge on any atom is 0.339 e. The standard InChI is InChI=1S/C27H29N3O4/c28-27(33)30(34-20-23-15-8-3-9-16-23)25(26(32)29-19-22-13-6-2-7-14-22)24(31)18-10-17-21-11-4-1-5-12-21/h1-9,11-16,25H,10,17-20H2,(H2,28,33)(H,29,32). The van der Waals surface area contributed by atoms with Crippen LogP contribution in [-0.4, -0.2) is 28.8 Å². The van der Waals surface area contributed by atoms with Crippen molar-refractivity contribution in [3.63, 3.8) is 0 Å². The first-order valence-electron chi connectivity index (χ1n) is 11.2. The second kappa shape index (κ2) is 12.9. The van der Waals surface area contributed by atoms with E-state index in [1.165, 1.54) is 0 Å². The Balaban J connectivity index is 1.71. The fourth-order valence-corrected chi connectivity index (χ4v) is 3.50. The van der Waals surface area contributed by atoms with Crippen LogP contribution in [0.25, 0.3) is 0 Å². The Morgan fingerprint density at radius 1 is 0.794 bits per heavy atom. The van der Waals surface area contributed by atoms with Crippen LogP contribution in [0.5, 0.6) is 0 Å². The van der Waals surface area contributed by atoms with Gasteiger partial charge in [0.1, 0.15) is 6.61 Å². The monoisotopic (exact) mass is 459 g/mol. The van der Waals surface area contributed by atoms with E-state index in [-0.39, 0.29) is 19.6 Å². The number of ketones is 1. The largest absolute Gasteiger partial charge is 0.350 e. The number of hydrogen-bond acceptors (Lipinski definition) is 4. The number of carbonyl (C=O) groups excluding carboxylic acids is 3. The molecule has 0 heterocycles. The predicted octanol–water partition coefficient (Wildman–Crippen LogP) is 3.78. The van der Waals surface area contributed by atoms with Crippen LogP contribution in [0.4, 0.5) is 4.79 Å². The number of nitrogens with one attached hydrogen (secondary N) is 1. The third-order valence-electron chi connectivity index (χ3n) is 5.26. The molecule has 0 aliphatic carbocycles. The normalized spacial score (nSPS) is 11.4. The van der Waals surface area contributed by atoms with Gasteiger partial charge >= 0.3 is 6.03 Å². The number of nitrogens with zero attached hydrogens (tertiary/aromatic N) is 1. The lowest BCUT2D eigenvalue weighted by Crippen LogP contribution is -2.55. The molecule has 0 bridgehead atoms. The summed E-state index contributed by atoms with van der Waals surface area (Å²) in [6, 6.07) is 25.7. The Kier molecular flexibility index (Phi) is 9.37. The molecule has 7 nitrogen and oxygen atoms in total. The Morgan fingerprint density at radius 3 is 1.88 bits per heavy atom. The molecule has 3 N–H and O–H groups in total. The van der Waals surface area contributed by atoms with Gasteiger partial charge in [0, 0.05) is 13.0 Å². The highest BCUT2D eigenvalue weighted by molar-refractivity contribution is 6.07. The lowest BCUT2D eigenvalue weighted by Gasteiger charge is -2.27. The molecule has 3 rings (SSSR count). The molecule has 0 radical (unpaired) electrons. The first kappa shape index (κ1) is 24.7. The van der Waals surface area contributed by atoms with Crippen LogP contribution in [0.3, 0.4) is 0 Å². The number of hydrogen-bond donors (Lipinski definition) is 2. The van der Waals surface area contributed by atoms with Gasteiger partial charge in [0.15, 0.2) is 11.8 Å². The minimum absolute atomic E-state index is 0.0104. The van der Waals surface area contributed by atoms with Crippen LogP contribution in [0.15, 0.2) is 91.0 Å². The molecule has 0 aliphatic rings. The molecule has 0 aliphatic heterocycles. The van der Waals surface area contributed by atoms with E-state index >= 15 is 0 Å². The number of nitrogens with two attached hydrogens (primary N) is 1. The second-order valence-electron chi connectivity index (χ2n) is 7.83. The summed E-state index contributed by atoms with van der Waals surface area (Å²) in [4.78, 5) is 44.1. The highest BCUT2D eigenvalue weighted by atomic mass is 16.7. The summed E-state index contributed by atoms with van der Waals surface area (Å²) < 4.78 is 0. The molecule has 7 heteroatoms. The lowest BCUT2D eigenvalue weighted by atomic mass is 10.0. The molecule has 0 saturated carbocycles. The molecule has 3 amide bonds. The minimum Gasteiger partial charge on any atom is -0.350 e. The van der Waals surface area contributed by atoms with Crippen molar-refractivity contribution in [3.8, 4) is 0 Å². The minimum atomic E-state index is -1.49. The Hall–Kier alpha value is -3.97. The molecule has 1 unspecified atom stereocenters. The summed E-state index contributed by atoms with van der Waals surface area (Å²) in [6.45, 7) is 0.197. The van der Waals surface area contributed by atoms with Crippen molar-refractivity contribution in [2.45, 2.75) is 38.5 Å². The Morgan fingerprint density at radius 2 is 1.32 bits per heavy atom. The maximum atomic E-state index is 13.2. The van der Waals surface area contributed by atoms with Crippen LogP contribution in [0, 0.1) is 0 Å². The summed E-state index contributed by atoms with van der Waals surface area (Å²) in [5.41, 5.74) is 8.26. The highest BCUT2D eigenvalue weighted by Crippen LogP contribution is 2.13. The number of amides is 3. The molecule has 0 saturated heterocycles. The summed E-state index contributed by atoms with van der Waals surface area (Å²) in [7, 11) is 0. The van der Waals surface area contributed by atoms with Gasteiger partial charge in [0.05, 0.1) is 0 Å². The van der Waals surface area contributed by atoms with Gasteiger partial charge < -0.3 is 11.1 Å².